The third-order valence-corrected chi connectivity index (χ3v) is 5.61. The van der Waals surface area contributed by atoms with Crippen molar-refractivity contribution in [2.24, 2.45) is 5.92 Å². The first kappa shape index (κ1) is 21.6. The van der Waals surface area contributed by atoms with E-state index in [-0.39, 0.29) is 11.8 Å². The number of ether oxygens (including phenoxy) is 2. The fourth-order valence-corrected chi connectivity index (χ4v) is 3.72. The smallest absolute Gasteiger partial charge is 0.228 e. The Labute approximate surface area is 188 Å². The number of rotatable bonds is 8. The summed E-state index contributed by atoms with van der Waals surface area (Å²) in [5.41, 5.74) is 2.18. The number of anilines is 1. The van der Waals surface area contributed by atoms with Gasteiger partial charge in [-0.05, 0) is 36.1 Å². The molecule has 32 heavy (non-hydrogen) atoms. The molecule has 1 aliphatic heterocycles. The monoisotopic (exact) mass is 432 g/mol. The van der Waals surface area contributed by atoms with E-state index in [4.69, 9.17) is 9.47 Å². The van der Waals surface area contributed by atoms with Crippen LogP contribution < -0.4 is 19.7 Å². The van der Waals surface area contributed by atoms with Gasteiger partial charge >= 0.3 is 0 Å². The number of carbonyl (C=O) groups excluding carboxylic acids is 1. The van der Waals surface area contributed by atoms with E-state index in [1.54, 1.807) is 19.4 Å². The molecule has 166 valence electrons. The second-order valence-corrected chi connectivity index (χ2v) is 7.80. The summed E-state index contributed by atoms with van der Waals surface area (Å²) in [6, 6.07) is 19.7. The van der Waals surface area contributed by atoms with Gasteiger partial charge < -0.3 is 19.7 Å². The fourth-order valence-electron chi connectivity index (χ4n) is 3.72. The molecular formula is C25H28N4O3. The quantitative estimate of drug-likeness (QED) is 0.586. The zero-order chi connectivity index (χ0) is 22.2. The maximum absolute atomic E-state index is 12.6. The molecule has 1 saturated heterocycles. The van der Waals surface area contributed by atoms with Crippen molar-refractivity contribution < 1.29 is 14.3 Å². The summed E-state index contributed by atoms with van der Waals surface area (Å²) in [7, 11) is 1.59. The summed E-state index contributed by atoms with van der Waals surface area (Å²) in [6.45, 7) is 2.55. The third-order valence-electron chi connectivity index (χ3n) is 5.61. The van der Waals surface area contributed by atoms with Gasteiger partial charge in [-0.1, -0.05) is 42.5 Å². The molecule has 2 heterocycles. The molecule has 2 aromatic carbocycles. The highest BCUT2D eigenvalue weighted by Crippen LogP contribution is 2.22. The Morgan fingerprint density at radius 2 is 1.78 bits per heavy atom. The largest absolute Gasteiger partial charge is 0.489 e. The van der Waals surface area contributed by atoms with Crippen molar-refractivity contribution in [3.8, 4) is 11.6 Å². The molecule has 1 amide bonds. The molecule has 0 aliphatic carbocycles. The average molecular weight is 433 g/mol. The molecule has 1 aliphatic rings. The van der Waals surface area contributed by atoms with E-state index in [0.717, 1.165) is 42.8 Å². The standard InChI is InChI=1S/C25H28N4O3/c1-31-23-11-14-26-25(28-23)29-15-12-21(13-16-29)24(30)27-17-19-7-9-22(10-8-19)32-18-20-5-3-2-4-6-20/h2-11,14,21H,12-13,15-18H2,1H3,(H,27,30). The number of piperidine rings is 1. The molecule has 1 aromatic heterocycles. The van der Waals surface area contributed by atoms with Crippen LogP contribution in [0.5, 0.6) is 11.6 Å². The minimum atomic E-state index is 0.00494. The topological polar surface area (TPSA) is 76.6 Å². The van der Waals surface area contributed by atoms with E-state index in [9.17, 15) is 4.79 Å². The highest BCUT2D eigenvalue weighted by Gasteiger charge is 2.26. The van der Waals surface area contributed by atoms with Crippen LogP contribution in [-0.4, -0.2) is 36.1 Å². The summed E-state index contributed by atoms with van der Waals surface area (Å²) in [5, 5.41) is 3.07. The number of hydrogen-bond donors (Lipinski definition) is 1. The summed E-state index contributed by atoms with van der Waals surface area (Å²) in [5.74, 6) is 2.12. The Balaban J connectivity index is 1.21. The molecule has 0 radical (unpaired) electrons. The molecule has 1 N–H and O–H groups in total. The molecule has 4 rings (SSSR count). The Kier molecular flexibility index (Phi) is 7.17. The third kappa shape index (κ3) is 5.75. The zero-order valence-corrected chi connectivity index (χ0v) is 18.2. The maximum Gasteiger partial charge on any atom is 0.228 e. The van der Waals surface area contributed by atoms with Gasteiger partial charge in [-0.15, -0.1) is 0 Å². The van der Waals surface area contributed by atoms with Crippen molar-refractivity contribution in [2.75, 3.05) is 25.1 Å². The number of methoxy groups -OCH3 is 1. The van der Waals surface area contributed by atoms with Gasteiger partial charge in [0.05, 0.1) is 7.11 Å². The molecule has 7 heteroatoms. The van der Waals surface area contributed by atoms with E-state index in [0.29, 0.717) is 25.0 Å². The van der Waals surface area contributed by atoms with E-state index >= 15 is 0 Å². The van der Waals surface area contributed by atoms with Crippen molar-refractivity contribution in [1.82, 2.24) is 15.3 Å². The van der Waals surface area contributed by atoms with Crippen LogP contribution in [0.1, 0.15) is 24.0 Å². The second-order valence-electron chi connectivity index (χ2n) is 7.80. The average Bonchev–Trinajstić information content (AvgIpc) is 2.87. The number of aromatic nitrogens is 2. The molecule has 0 spiro atoms. The van der Waals surface area contributed by atoms with Gasteiger partial charge in [0, 0.05) is 37.8 Å². The SMILES string of the molecule is COc1ccnc(N2CCC(C(=O)NCc3ccc(OCc4ccccc4)cc3)CC2)n1. The lowest BCUT2D eigenvalue weighted by atomic mass is 9.96. The first-order valence-corrected chi connectivity index (χ1v) is 10.9. The van der Waals surface area contributed by atoms with Crippen LogP contribution in [0.3, 0.4) is 0 Å². The first-order valence-electron chi connectivity index (χ1n) is 10.9. The lowest BCUT2D eigenvalue weighted by molar-refractivity contribution is -0.125. The van der Waals surface area contributed by atoms with Crippen LogP contribution in [-0.2, 0) is 17.9 Å². The number of nitrogens with one attached hydrogen (secondary N) is 1. The van der Waals surface area contributed by atoms with Crippen LogP contribution in [0.4, 0.5) is 5.95 Å². The predicted molar refractivity (Wildman–Crippen MR) is 123 cm³/mol. The molecule has 0 saturated carbocycles. The van der Waals surface area contributed by atoms with E-state index in [1.165, 1.54) is 0 Å². The van der Waals surface area contributed by atoms with Gasteiger partial charge in [-0.3, -0.25) is 4.79 Å². The van der Waals surface area contributed by atoms with Crippen LogP contribution in [0.25, 0.3) is 0 Å². The molecule has 7 nitrogen and oxygen atoms in total. The van der Waals surface area contributed by atoms with Crippen LogP contribution >= 0.6 is 0 Å². The minimum absolute atomic E-state index is 0.00494. The first-order chi connectivity index (χ1) is 15.7. The van der Waals surface area contributed by atoms with Crippen LogP contribution in [0.15, 0.2) is 66.9 Å². The number of amides is 1. The van der Waals surface area contributed by atoms with Crippen LogP contribution in [0.2, 0.25) is 0 Å². The number of nitrogens with zero attached hydrogens (tertiary/aromatic N) is 3. The lowest BCUT2D eigenvalue weighted by Gasteiger charge is -2.31. The molecule has 1 fully saturated rings. The van der Waals surface area contributed by atoms with Crippen molar-refractivity contribution in [3.05, 3.63) is 78.0 Å². The highest BCUT2D eigenvalue weighted by molar-refractivity contribution is 5.78. The van der Waals surface area contributed by atoms with E-state index < -0.39 is 0 Å². The van der Waals surface area contributed by atoms with Crippen LogP contribution in [0, 0.1) is 5.92 Å². The van der Waals surface area contributed by atoms with Gasteiger partial charge in [-0.2, -0.15) is 4.98 Å². The van der Waals surface area contributed by atoms with Gasteiger partial charge in [0.25, 0.3) is 0 Å². The maximum atomic E-state index is 12.6. The fraction of sp³-hybridized carbons (Fsp3) is 0.320. The highest BCUT2D eigenvalue weighted by atomic mass is 16.5. The molecule has 0 bridgehead atoms. The lowest BCUT2D eigenvalue weighted by Crippen LogP contribution is -2.41. The molecule has 0 atom stereocenters. The minimum Gasteiger partial charge on any atom is -0.489 e. The summed E-state index contributed by atoms with van der Waals surface area (Å²) in [4.78, 5) is 23.4. The Morgan fingerprint density at radius 1 is 1.03 bits per heavy atom. The van der Waals surface area contributed by atoms with Gasteiger partial charge in [0.2, 0.25) is 17.7 Å². The predicted octanol–water partition coefficient (Wildman–Crippen LogP) is 3.60. The summed E-state index contributed by atoms with van der Waals surface area (Å²) >= 11 is 0. The summed E-state index contributed by atoms with van der Waals surface area (Å²) < 4.78 is 11.0. The molecular weight excluding hydrogens is 404 g/mol. The van der Waals surface area contributed by atoms with E-state index in [1.807, 2.05) is 54.6 Å². The number of hydrogen-bond acceptors (Lipinski definition) is 6. The zero-order valence-electron chi connectivity index (χ0n) is 18.2. The van der Waals surface area contributed by atoms with Gasteiger partial charge in [0.1, 0.15) is 12.4 Å². The van der Waals surface area contributed by atoms with Gasteiger partial charge in [0.15, 0.2) is 0 Å². The molecule has 3 aromatic rings. The van der Waals surface area contributed by atoms with Crippen molar-refractivity contribution in [2.45, 2.75) is 26.0 Å². The van der Waals surface area contributed by atoms with Gasteiger partial charge in [-0.25, -0.2) is 4.98 Å². The summed E-state index contributed by atoms with van der Waals surface area (Å²) in [6.07, 6.45) is 3.25. The van der Waals surface area contributed by atoms with Crippen molar-refractivity contribution in [3.63, 3.8) is 0 Å². The normalized spacial score (nSPS) is 14.1. The van der Waals surface area contributed by atoms with E-state index in [2.05, 4.69) is 20.2 Å². The Bertz CT molecular complexity index is 1000. The Hall–Kier alpha value is -3.61. The van der Waals surface area contributed by atoms with Crippen molar-refractivity contribution in [1.29, 1.82) is 0 Å². The molecule has 0 unspecified atom stereocenters. The number of carbonyl (C=O) groups is 1. The Morgan fingerprint density at radius 3 is 2.50 bits per heavy atom. The number of benzene rings is 2. The van der Waals surface area contributed by atoms with Crippen molar-refractivity contribution >= 4 is 11.9 Å². The second kappa shape index (κ2) is 10.6.